The Morgan fingerprint density at radius 3 is 2.71 bits per heavy atom. The van der Waals surface area contributed by atoms with Crippen LogP contribution in [0, 0.1) is 11.3 Å². The Kier molecular flexibility index (Phi) is 3.73. The molecule has 0 saturated carbocycles. The van der Waals surface area contributed by atoms with Crippen molar-refractivity contribution in [2.75, 3.05) is 0 Å². The van der Waals surface area contributed by atoms with E-state index >= 15 is 0 Å². The molecule has 2 rings (SSSR count). The Hall–Kier alpha value is -1.86. The summed E-state index contributed by atoms with van der Waals surface area (Å²) in [5.74, 6) is 0.373. The summed E-state index contributed by atoms with van der Waals surface area (Å²) in [7, 11) is 0. The quantitative estimate of drug-likeness (QED) is 0.871. The molecule has 1 aromatic carbocycles. The first-order chi connectivity index (χ1) is 8.29. The normalized spacial score (nSPS) is 9.65. The fourth-order valence-electron chi connectivity index (χ4n) is 1.32. The highest BCUT2D eigenvalue weighted by atomic mass is 79.9. The molecule has 1 heterocycles. The third-order valence-corrected chi connectivity index (χ3v) is 2.71. The highest BCUT2D eigenvalue weighted by Crippen LogP contribution is 2.16. The van der Waals surface area contributed by atoms with E-state index in [1.807, 2.05) is 30.3 Å². The van der Waals surface area contributed by atoms with E-state index in [1.54, 1.807) is 18.3 Å². The van der Waals surface area contributed by atoms with E-state index in [0.29, 0.717) is 18.1 Å². The lowest BCUT2D eigenvalue weighted by Gasteiger charge is -2.06. The SMILES string of the molecule is N#Cc1cccnc1OCc1ccc(Br)cc1. The van der Waals surface area contributed by atoms with Gasteiger partial charge in [0.2, 0.25) is 5.88 Å². The number of halogens is 1. The van der Waals surface area contributed by atoms with Gasteiger partial charge in [-0.25, -0.2) is 4.98 Å². The molecular formula is C13H9BrN2O. The summed E-state index contributed by atoms with van der Waals surface area (Å²) in [4.78, 5) is 4.03. The van der Waals surface area contributed by atoms with E-state index in [-0.39, 0.29) is 0 Å². The van der Waals surface area contributed by atoms with Gasteiger partial charge >= 0.3 is 0 Å². The molecule has 0 unspecified atom stereocenters. The van der Waals surface area contributed by atoms with Crippen LogP contribution >= 0.6 is 15.9 Å². The second kappa shape index (κ2) is 5.46. The molecule has 0 aliphatic rings. The summed E-state index contributed by atoms with van der Waals surface area (Å²) in [6, 6.07) is 13.3. The molecule has 0 aliphatic heterocycles. The molecule has 0 bridgehead atoms. The third kappa shape index (κ3) is 3.05. The summed E-state index contributed by atoms with van der Waals surface area (Å²) < 4.78 is 6.53. The lowest BCUT2D eigenvalue weighted by atomic mass is 10.2. The number of benzene rings is 1. The van der Waals surface area contributed by atoms with Crippen molar-refractivity contribution in [3.63, 3.8) is 0 Å². The van der Waals surface area contributed by atoms with E-state index in [1.165, 1.54) is 0 Å². The monoisotopic (exact) mass is 288 g/mol. The zero-order valence-electron chi connectivity index (χ0n) is 8.93. The van der Waals surface area contributed by atoms with Crippen LogP contribution in [0.5, 0.6) is 5.88 Å². The largest absolute Gasteiger partial charge is 0.472 e. The summed E-state index contributed by atoms with van der Waals surface area (Å²) in [5.41, 5.74) is 1.48. The van der Waals surface area contributed by atoms with Crippen LogP contribution in [0.1, 0.15) is 11.1 Å². The van der Waals surface area contributed by atoms with Crippen molar-refractivity contribution in [3.8, 4) is 11.9 Å². The van der Waals surface area contributed by atoms with E-state index in [2.05, 4.69) is 20.9 Å². The minimum Gasteiger partial charge on any atom is -0.472 e. The van der Waals surface area contributed by atoms with Crippen LogP contribution in [-0.2, 0) is 6.61 Å². The van der Waals surface area contributed by atoms with Gasteiger partial charge < -0.3 is 4.74 Å². The van der Waals surface area contributed by atoms with Gasteiger partial charge in [-0.2, -0.15) is 5.26 Å². The summed E-state index contributed by atoms with van der Waals surface area (Å²) in [6.07, 6.45) is 1.61. The number of hydrogen-bond acceptors (Lipinski definition) is 3. The van der Waals surface area contributed by atoms with Crippen LogP contribution in [0.2, 0.25) is 0 Å². The Morgan fingerprint density at radius 2 is 2.00 bits per heavy atom. The number of ether oxygens (including phenoxy) is 1. The predicted octanol–water partition coefficient (Wildman–Crippen LogP) is 3.29. The molecule has 1 aromatic heterocycles. The number of pyridine rings is 1. The Balaban J connectivity index is 2.08. The minimum atomic E-state index is 0.373. The van der Waals surface area contributed by atoms with Crippen LogP contribution in [0.4, 0.5) is 0 Å². The topological polar surface area (TPSA) is 45.9 Å². The van der Waals surface area contributed by atoms with Gasteiger partial charge in [-0.15, -0.1) is 0 Å². The summed E-state index contributed by atoms with van der Waals surface area (Å²) >= 11 is 3.37. The highest BCUT2D eigenvalue weighted by molar-refractivity contribution is 9.10. The number of hydrogen-bond donors (Lipinski definition) is 0. The molecule has 0 saturated heterocycles. The van der Waals surface area contributed by atoms with Gasteiger partial charge in [-0.1, -0.05) is 28.1 Å². The van der Waals surface area contributed by atoms with Crippen molar-refractivity contribution in [1.82, 2.24) is 4.98 Å². The Morgan fingerprint density at radius 1 is 1.24 bits per heavy atom. The first-order valence-corrected chi connectivity index (χ1v) is 5.81. The molecule has 2 aromatic rings. The Bertz CT molecular complexity index is 546. The van der Waals surface area contributed by atoms with Crippen LogP contribution in [0.25, 0.3) is 0 Å². The van der Waals surface area contributed by atoms with Crippen molar-refractivity contribution >= 4 is 15.9 Å². The first kappa shape index (κ1) is 11.6. The van der Waals surface area contributed by atoms with Crippen LogP contribution in [-0.4, -0.2) is 4.98 Å². The van der Waals surface area contributed by atoms with Crippen LogP contribution in [0.3, 0.4) is 0 Å². The second-order valence-electron chi connectivity index (χ2n) is 3.38. The predicted molar refractivity (Wildman–Crippen MR) is 67.4 cm³/mol. The van der Waals surface area contributed by atoms with Crippen LogP contribution in [0.15, 0.2) is 47.1 Å². The molecule has 0 N–H and O–H groups in total. The van der Waals surface area contributed by atoms with Gasteiger partial charge in [0.25, 0.3) is 0 Å². The average molecular weight is 289 g/mol. The smallest absolute Gasteiger partial charge is 0.231 e. The maximum atomic E-state index is 8.88. The molecule has 4 heteroatoms. The maximum Gasteiger partial charge on any atom is 0.231 e. The van der Waals surface area contributed by atoms with Crippen molar-refractivity contribution in [2.24, 2.45) is 0 Å². The van der Waals surface area contributed by atoms with Gasteiger partial charge in [0.15, 0.2) is 0 Å². The second-order valence-corrected chi connectivity index (χ2v) is 4.30. The first-order valence-electron chi connectivity index (χ1n) is 5.02. The maximum absolute atomic E-state index is 8.88. The average Bonchev–Trinajstić information content (AvgIpc) is 2.38. The zero-order valence-corrected chi connectivity index (χ0v) is 10.5. The van der Waals surface area contributed by atoms with Gasteiger partial charge in [0.1, 0.15) is 18.2 Å². The third-order valence-electron chi connectivity index (χ3n) is 2.18. The summed E-state index contributed by atoms with van der Waals surface area (Å²) in [5, 5.41) is 8.88. The number of rotatable bonds is 3. The van der Waals surface area contributed by atoms with Gasteiger partial charge in [0, 0.05) is 10.7 Å². The standard InChI is InChI=1S/C13H9BrN2O/c14-12-5-3-10(4-6-12)9-17-13-11(8-15)2-1-7-16-13/h1-7H,9H2. The molecule has 84 valence electrons. The van der Waals surface area contributed by atoms with Gasteiger partial charge in [-0.05, 0) is 29.8 Å². The molecule has 0 aliphatic carbocycles. The lowest BCUT2D eigenvalue weighted by Crippen LogP contribution is -1.98. The van der Waals surface area contributed by atoms with Crippen molar-refractivity contribution < 1.29 is 4.74 Å². The minimum absolute atomic E-state index is 0.373. The molecule has 0 atom stereocenters. The van der Waals surface area contributed by atoms with Gasteiger partial charge in [-0.3, -0.25) is 0 Å². The lowest BCUT2D eigenvalue weighted by molar-refractivity contribution is 0.293. The van der Waals surface area contributed by atoms with Crippen LogP contribution < -0.4 is 4.74 Å². The molecule has 0 radical (unpaired) electrons. The van der Waals surface area contributed by atoms with Crippen molar-refractivity contribution in [2.45, 2.75) is 6.61 Å². The Labute approximate surface area is 108 Å². The number of nitrogens with zero attached hydrogens (tertiary/aromatic N) is 2. The molecular weight excluding hydrogens is 280 g/mol. The van der Waals surface area contributed by atoms with E-state index in [0.717, 1.165) is 10.0 Å². The molecule has 0 amide bonds. The highest BCUT2D eigenvalue weighted by Gasteiger charge is 2.03. The number of aromatic nitrogens is 1. The molecule has 17 heavy (non-hydrogen) atoms. The molecule has 3 nitrogen and oxygen atoms in total. The fraction of sp³-hybridized carbons (Fsp3) is 0.0769. The fourth-order valence-corrected chi connectivity index (χ4v) is 1.59. The van der Waals surface area contributed by atoms with Gasteiger partial charge in [0.05, 0.1) is 0 Å². The molecule has 0 fully saturated rings. The van der Waals surface area contributed by atoms with Crippen molar-refractivity contribution in [1.29, 1.82) is 5.26 Å². The van der Waals surface area contributed by atoms with E-state index < -0.39 is 0 Å². The van der Waals surface area contributed by atoms with E-state index in [4.69, 9.17) is 10.00 Å². The van der Waals surface area contributed by atoms with E-state index in [9.17, 15) is 0 Å². The zero-order chi connectivity index (χ0) is 12.1. The number of nitriles is 1. The van der Waals surface area contributed by atoms with Crippen molar-refractivity contribution in [3.05, 3.63) is 58.2 Å². The summed E-state index contributed by atoms with van der Waals surface area (Å²) in [6.45, 7) is 0.402. The molecule has 0 spiro atoms.